The lowest BCUT2D eigenvalue weighted by Crippen LogP contribution is -2.10. The fourth-order valence-electron chi connectivity index (χ4n) is 3.54. The number of carboxylic acid groups (broad SMARTS) is 1. The number of carboxylic acids is 1. The van der Waals surface area contributed by atoms with E-state index < -0.39 is 18.4 Å². The summed E-state index contributed by atoms with van der Waals surface area (Å²) in [6.45, 7) is -0.620. The molecule has 0 aliphatic rings. The van der Waals surface area contributed by atoms with Crippen molar-refractivity contribution in [2.75, 3.05) is 20.8 Å². The number of aliphatic carboxylic acids is 1. The van der Waals surface area contributed by atoms with Crippen LogP contribution in [0, 0.1) is 5.82 Å². The maximum Gasteiger partial charge on any atom is 0.341 e. The van der Waals surface area contributed by atoms with Crippen LogP contribution in [0.1, 0.15) is 0 Å². The minimum Gasteiger partial charge on any atom is -0.493 e. The first kappa shape index (κ1) is 23.1. The highest BCUT2D eigenvalue weighted by Gasteiger charge is 2.21. The molecule has 0 fully saturated rings. The van der Waals surface area contributed by atoms with Gasteiger partial charge in [0.2, 0.25) is 0 Å². The van der Waals surface area contributed by atoms with Crippen LogP contribution in [-0.2, 0) is 4.79 Å². The van der Waals surface area contributed by atoms with Gasteiger partial charge in [-0.05, 0) is 54.6 Å². The van der Waals surface area contributed by atoms with Crippen molar-refractivity contribution in [3.05, 3.63) is 77.6 Å². The van der Waals surface area contributed by atoms with Crippen LogP contribution in [0.15, 0.2) is 66.7 Å². The number of benzene rings is 3. The first-order chi connectivity index (χ1) is 16.4. The molecule has 1 heterocycles. The number of hydrogen-bond donors (Lipinski definition) is 1. The van der Waals surface area contributed by atoms with Crippen LogP contribution in [-0.4, -0.2) is 41.7 Å². The molecule has 0 unspecified atom stereocenters. The van der Waals surface area contributed by atoms with Crippen molar-refractivity contribution in [2.24, 2.45) is 0 Å². The van der Waals surface area contributed by atoms with Gasteiger partial charge >= 0.3 is 5.97 Å². The molecule has 7 nitrogen and oxygen atoms in total. The maximum absolute atomic E-state index is 13.9. The van der Waals surface area contributed by atoms with Crippen LogP contribution in [0.25, 0.3) is 28.2 Å². The second-order valence-corrected chi connectivity index (χ2v) is 7.60. The SMILES string of the molecule is COc1cccc(-c2cc(-c3ccc(F)cc3OCC(=O)O)nn2-c2ccc(Cl)cc2)c1OC. The molecule has 0 aliphatic heterocycles. The summed E-state index contributed by atoms with van der Waals surface area (Å²) in [4.78, 5) is 11.0. The summed E-state index contributed by atoms with van der Waals surface area (Å²) in [6.07, 6.45) is 0. The standard InChI is InChI=1S/C25H20ClFN2O5/c1-32-22-5-3-4-19(25(22)33-2)21-13-20(28-29(21)17-9-6-15(26)7-10-17)18-11-8-16(27)12-23(18)34-14-24(30)31/h3-13H,14H2,1-2H3,(H,30,31). The summed E-state index contributed by atoms with van der Waals surface area (Å²) in [5.41, 5.74) is 2.94. The van der Waals surface area contributed by atoms with E-state index in [-0.39, 0.29) is 5.75 Å². The molecule has 0 bridgehead atoms. The van der Waals surface area contributed by atoms with E-state index in [4.69, 9.17) is 36.0 Å². The molecule has 0 radical (unpaired) electrons. The van der Waals surface area contributed by atoms with Gasteiger partial charge in [-0.25, -0.2) is 13.9 Å². The smallest absolute Gasteiger partial charge is 0.341 e. The highest BCUT2D eigenvalue weighted by molar-refractivity contribution is 6.30. The third-order valence-corrected chi connectivity index (χ3v) is 5.28. The van der Waals surface area contributed by atoms with Crippen molar-refractivity contribution in [3.63, 3.8) is 0 Å². The van der Waals surface area contributed by atoms with Gasteiger partial charge in [0.25, 0.3) is 0 Å². The van der Waals surface area contributed by atoms with Gasteiger partial charge < -0.3 is 19.3 Å². The Morgan fingerprint density at radius 1 is 1.00 bits per heavy atom. The molecule has 174 valence electrons. The van der Waals surface area contributed by atoms with Crippen molar-refractivity contribution in [3.8, 4) is 45.5 Å². The van der Waals surface area contributed by atoms with Crippen LogP contribution < -0.4 is 14.2 Å². The molecular formula is C25H20ClFN2O5. The Morgan fingerprint density at radius 2 is 1.76 bits per heavy atom. The normalized spacial score (nSPS) is 10.7. The van der Waals surface area contributed by atoms with Crippen LogP contribution >= 0.6 is 11.6 Å². The molecule has 0 amide bonds. The Kier molecular flexibility index (Phi) is 6.70. The number of aromatic nitrogens is 2. The molecule has 1 aromatic heterocycles. The summed E-state index contributed by atoms with van der Waals surface area (Å²) in [7, 11) is 3.09. The van der Waals surface area contributed by atoms with E-state index in [1.165, 1.54) is 12.1 Å². The highest BCUT2D eigenvalue weighted by atomic mass is 35.5. The second-order valence-electron chi connectivity index (χ2n) is 7.17. The Bertz CT molecular complexity index is 1340. The van der Waals surface area contributed by atoms with Crippen molar-refractivity contribution in [2.45, 2.75) is 0 Å². The Morgan fingerprint density at radius 3 is 2.44 bits per heavy atom. The van der Waals surface area contributed by atoms with Crippen molar-refractivity contribution in [1.82, 2.24) is 9.78 Å². The fourth-order valence-corrected chi connectivity index (χ4v) is 3.67. The molecule has 3 aromatic carbocycles. The van der Waals surface area contributed by atoms with E-state index in [0.29, 0.717) is 44.7 Å². The number of para-hydroxylation sites is 1. The molecule has 4 rings (SSSR count). The number of carbonyl (C=O) groups is 1. The molecule has 9 heteroatoms. The van der Waals surface area contributed by atoms with E-state index >= 15 is 0 Å². The van der Waals surface area contributed by atoms with E-state index in [1.54, 1.807) is 43.2 Å². The molecule has 0 spiro atoms. The molecule has 0 saturated carbocycles. The van der Waals surface area contributed by atoms with Crippen LogP contribution in [0.3, 0.4) is 0 Å². The molecule has 34 heavy (non-hydrogen) atoms. The van der Waals surface area contributed by atoms with Gasteiger partial charge in [-0.2, -0.15) is 5.10 Å². The summed E-state index contributed by atoms with van der Waals surface area (Å²) in [6, 6.07) is 18.2. The van der Waals surface area contributed by atoms with Crippen molar-refractivity contribution in [1.29, 1.82) is 0 Å². The molecule has 0 aliphatic carbocycles. The number of hydrogen-bond acceptors (Lipinski definition) is 5. The van der Waals surface area contributed by atoms with E-state index in [2.05, 4.69) is 0 Å². The van der Waals surface area contributed by atoms with Gasteiger partial charge in [0, 0.05) is 22.2 Å². The van der Waals surface area contributed by atoms with E-state index in [0.717, 1.165) is 6.07 Å². The molecule has 4 aromatic rings. The van der Waals surface area contributed by atoms with Crippen molar-refractivity contribution < 1.29 is 28.5 Å². The Hall–Kier alpha value is -4.04. The quantitative estimate of drug-likeness (QED) is 0.358. The lowest BCUT2D eigenvalue weighted by molar-refractivity contribution is -0.139. The largest absolute Gasteiger partial charge is 0.493 e. The van der Waals surface area contributed by atoms with Gasteiger partial charge in [0.15, 0.2) is 18.1 Å². The summed E-state index contributed by atoms with van der Waals surface area (Å²) >= 11 is 6.07. The Labute approximate surface area is 199 Å². The average molecular weight is 483 g/mol. The average Bonchev–Trinajstić information content (AvgIpc) is 3.27. The van der Waals surface area contributed by atoms with E-state index in [1.807, 2.05) is 24.3 Å². The van der Waals surface area contributed by atoms with Crippen LogP contribution in [0.5, 0.6) is 17.2 Å². The number of nitrogens with zero attached hydrogens (tertiary/aromatic N) is 2. The number of methoxy groups -OCH3 is 2. The van der Waals surface area contributed by atoms with Gasteiger partial charge in [0.1, 0.15) is 11.6 Å². The summed E-state index contributed by atoms with van der Waals surface area (Å²) in [5.74, 6) is -0.627. The highest BCUT2D eigenvalue weighted by Crippen LogP contribution is 2.41. The first-order valence-electron chi connectivity index (χ1n) is 10.1. The maximum atomic E-state index is 13.9. The topological polar surface area (TPSA) is 82.8 Å². The summed E-state index contributed by atoms with van der Waals surface area (Å²) < 4.78 is 32.0. The third kappa shape index (κ3) is 4.67. The summed E-state index contributed by atoms with van der Waals surface area (Å²) in [5, 5.41) is 14.3. The minimum absolute atomic E-state index is 0.0623. The Balaban J connectivity index is 1.94. The number of halogens is 2. The lowest BCUT2D eigenvalue weighted by Gasteiger charge is -2.14. The van der Waals surface area contributed by atoms with Crippen molar-refractivity contribution >= 4 is 17.6 Å². The zero-order chi connectivity index (χ0) is 24.2. The zero-order valence-electron chi connectivity index (χ0n) is 18.3. The van der Waals surface area contributed by atoms with Crippen LogP contribution in [0.4, 0.5) is 4.39 Å². The number of ether oxygens (including phenoxy) is 3. The van der Waals surface area contributed by atoms with Gasteiger partial charge in [-0.1, -0.05) is 17.7 Å². The molecule has 0 atom stereocenters. The zero-order valence-corrected chi connectivity index (χ0v) is 19.0. The minimum atomic E-state index is -1.18. The predicted octanol–water partition coefficient (Wildman–Crippen LogP) is 5.48. The predicted molar refractivity (Wildman–Crippen MR) is 126 cm³/mol. The van der Waals surface area contributed by atoms with Gasteiger partial charge in [0.05, 0.1) is 31.3 Å². The second kappa shape index (κ2) is 9.84. The van der Waals surface area contributed by atoms with Gasteiger partial charge in [-0.3, -0.25) is 0 Å². The molecular weight excluding hydrogens is 463 g/mol. The fraction of sp³-hybridized carbons (Fsp3) is 0.120. The number of rotatable bonds is 8. The third-order valence-electron chi connectivity index (χ3n) is 5.03. The first-order valence-corrected chi connectivity index (χ1v) is 10.5. The van der Waals surface area contributed by atoms with Gasteiger partial charge in [-0.15, -0.1) is 0 Å². The molecule has 1 N–H and O–H groups in total. The lowest BCUT2D eigenvalue weighted by atomic mass is 10.1. The monoisotopic (exact) mass is 482 g/mol. The molecule has 0 saturated heterocycles. The van der Waals surface area contributed by atoms with Crippen LogP contribution in [0.2, 0.25) is 5.02 Å². The van der Waals surface area contributed by atoms with E-state index in [9.17, 15) is 9.18 Å².